The molecule has 106 valence electrons. The highest BCUT2D eigenvalue weighted by molar-refractivity contribution is 9.10. The standard InChI is InChI=1S/C14H17BrN4O/c1-16-5-6-17-14-18-8-10(9-19-14)12-7-11(15)3-4-13(12)20-2/h3-4,7-9,16H,5-6H2,1-2H3,(H,17,18,19). The Morgan fingerprint density at radius 1 is 1.20 bits per heavy atom. The fourth-order valence-corrected chi connectivity index (χ4v) is 2.12. The summed E-state index contributed by atoms with van der Waals surface area (Å²) in [5.74, 6) is 1.42. The van der Waals surface area contributed by atoms with Crippen LogP contribution in [0, 0.1) is 0 Å². The third kappa shape index (κ3) is 3.68. The van der Waals surface area contributed by atoms with Crippen LogP contribution in [0.25, 0.3) is 11.1 Å². The van der Waals surface area contributed by atoms with Gasteiger partial charge in [0.05, 0.1) is 7.11 Å². The molecule has 6 heteroatoms. The van der Waals surface area contributed by atoms with E-state index in [0.29, 0.717) is 5.95 Å². The first-order chi connectivity index (χ1) is 9.74. The van der Waals surface area contributed by atoms with E-state index in [9.17, 15) is 0 Å². The minimum Gasteiger partial charge on any atom is -0.496 e. The molecular weight excluding hydrogens is 320 g/mol. The van der Waals surface area contributed by atoms with Crippen LogP contribution in [0.15, 0.2) is 35.1 Å². The number of rotatable bonds is 6. The normalized spacial score (nSPS) is 10.3. The summed E-state index contributed by atoms with van der Waals surface area (Å²) in [6.07, 6.45) is 3.58. The second kappa shape index (κ2) is 7.21. The maximum Gasteiger partial charge on any atom is 0.222 e. The van der Waals surface area contributed by atoms with Crippen molar-refractivity contribution in [3.05, 3.63) is 35.1 Å². The van der Waals surface area contributed by atoms with Crippen LogP contribution in [0.2, 0.25) is 0 Å². The Hall–Kier alpha value is -1.66. The molecule has 2 N–H and O–H groups in total. The van der Waals surface area contributed by atoms with Crippen molar-refractivity contribution in [3.63, 3.8) is 0 Å². The molecule has 0 unspecified atom stereocenters. The van der Waals surface area contributed by atoms with Crippen LogP contribution < -0.4 is 15.4 Å². The van der Waals surface area contributed by atoms with Gasteiger partial charge in [-0.1, -0.05) is 15.9 Å². The number of nitrogens with zero attached hydrogens (tertiary/aromatic N) is 2. The molecule has 0 atom stereocenters. The van der Waals surface area contributed by atoms with Gasteiger partial charge in [0.15, 0.2) is 0 Å². The number of methoxy groups -OCH3 is 1. The Balaban J connectivity index is 2.19. The van der Waals surface area contributed by atoms with Crippen LogP contribution in [0.5, 0.6) is 5.75 Å². The summed E-state index contributed by atoms with van der Waals surface area (Å²) < 4.78 is 6.35. The smallest absolute Gasteiger partial charge is 0.222 e. The first-order valence-corrected chi connectivity index (χ1v) is 7.08. The number of aromatic nitrogens is 2. The van der Waals surface area contributed by atoms with Gasteiger partial charge in [-0.3, -0.25) is 0 Å². The van der Waals surface area contributed by atoms with Crippen molar-refractivity contribution in [2.75, 3.05) is 32.6 Å². The van der Waals surface area contributed by atoms with Crippen molar-refractivity contribution < 1.29 is 4.74 Å². The number of likely N-dealkylation sites (N-methyl/N-ethyl adjacent to an activating group) is 1. The van der Waals surface area contributed by atoms with E-state index in [1.54, 1.807) is 19.5 Å². The van der Waals surface area contributed by atoms with E-state index in [4.69, 9.17) is 4.74 Å². The summed E-state index contributed by atoms with van der Waals surface area (Å²) >= 11 is 3.46. The molecule has 0 bridgehead atoms. The number of nitrogens with one attached hydrogen (secondary N) is 2. The third-order valence-electron chi connectivity index (χ3n) is 2.78. The fraction of sp³-hybridized carbons (Fsp3) is 0.286. The van der Waals surface area contributed by atoms with Crippen LogP contribution in [0.1, 0.15) is 0 Å². The molecule has 0 fully saturated rings. The molecule has 0 aliphatic carbocycles. The van der Waals surface area contributed by atoms with E-state index < -0.39 is 0 Å². The molecule has 2 aromatic rings. The Bertz CT molecular complexity index is 560. The number of hydrogen-bond acceptors (Lipinski definition) is 5. The molecular formula is C14H17BrN4O. The highest BCUT2D eigenvalue weighted by Crippen LogP contribution is 2.31. The number of hydrogen-bond donors (Lipinski definition) is 2. The Morgan fingerprint density at radius 3 is 2.60 bits per heavy atom. The highest BCUT2D eigenvalue weighted by atomic mass is 79.9. The van der Waals surface area contributed by atoms with Gasteiger partial charge < -0.3 is 15.4 Å². The molecule has 0 spiro atoms. The van der Waals surface area contributed by atoms with E-state index in [2.05, 4.69) is 36.5 Å². The Labute approximate surface area is 126 Å². The summed E-state index contributed by atoms with van der Waals surface area (Å²) in [5.41, 5.74) is 1.88. The lowest BCUT2D eigenvalue weighted by molar-refractivity contribution is 0.416. The van der Waals surface area contributed by atoms with Gasteiger partial charge in [-0.25, -0.2) is 9.97 Å². The monoisotopic (exact) mass is 336 g/mol. The van der Waals surface area contributed by atoms with Crippen molar-refractivity contribution in [1.29, 1.82) is 0 Å². The van der Waals surface area contributed by atoms with E-state index in [1.807, 2.05) is 25.2 Å². The number of benzene rings is 1. The SMILES string of the molecule is CNCCNc1ncc(-c2cc(Br)ccc2OC)cn1. The first kappa shape index (κ1) is 14.7. The van der Waals surface area contributed by atoms with Gasteiger partial charge >= 0.3 is 0 Å². The summed E-state index contributed by atoms with van der Waals surface area (Å²) in [6.45, 7) is 1.65. The van der Waals surface area contributed by atoms with E-state index in [-0.39, 0.29) is 0 Å². The van der Waals surface area contributed by atoms with Crippen LogP contribution in [-0.2, 0) is 0 Å². The molecule has 0 saturated heterocycles. The van der Waals surface area contributed by atoms with Crippen molar-refractivity contribution >= 4 is 21.9 Å². The second-order valence-electron chi connectivity index (χ2n) is 4.17. The number of halogens is 1. The molecule has 0 aliphatic heterocycles. The van der Waals surface area contributed by atoms with Crippen LogP contribution >= 0.6 is 15.9 Å². The number of ether oxygens (including phenoxy) is 1. The van der Waals surface area contributed by atoms with Gasteiger partial charge in [0, 0.05) is 41.1 Å². The first-order valence-electron chi connectivity index (χ1n) is 6.29. The Kier molecular flexibility index (Phi) is 5.31. The molecule has 0 aliphatic rings. The molecule has 20 heavy (non-hydrogen) atoms. The van der Waals surface area contributed by atoms with E-state index in [1.165, 1.54) is 0 Å². The summed E-state index contributed by atoms with van der Waals surface area (Å²) in [5, 5.41) is 6.20. The van der Waals surface area contributed by atoms with E-state index >= 15 is 0 Å². The minimum atomic E-state index is 0.623. The van der Waals surface area contributed by atoms with Crippen molar-refractivity contribution in [1.82, 2.24) is 15.3 Å². The molecule has 0 radical (unpaired) electrons. The van der Waals surface area contributed by atoms with Gasteiger partial charge in [-0.05, 0) is 25.2 Å². The molecule has 0 amide bonds. The van der Waals surface area contributed by atoms with Gasteiger partial charge in [-0.15, -0.1) is 0 Å². The lowest BCUT2D eigenvalue weighted by Crippen LogP contribution is -2.18. The van der Waals surface area contributed by atoms with Crippen LogP contribution in [-0.4, -0.2) is 37.2 Å². The zero-order chi connectivity index (χ0) is 14.4. The average molecular weight is 337 g/mol. The van der Waals surface area contributed by atoms with Gasteiger partial charge in [-0.2, -0.15) is 0 Å². The predicted molar refractivity (Wildman–Crippen MR) is 84.1 cm³/mol. The second-order valence-corrected chi connectivity index (χ2v) is 5.09. The molecule has 2 rings (SSSR count). The van der Waals surface area contributed by atoms with Gasteiger partial charge in [0.1, 0.15) is 5.75 Å². The van der Waals surface area contributed by atoms with E-state index in [0.717, 1.165) is 34.4 Å². The molecule has 5 nitrogen and oxygen atoms in total. The lowest BCUT2D eigenvalue weighted by Gasteiger charge is -2.09. The minimum absolute atomic E-state index is 0.623. The maximum atomic E-state index is 5.36. The molecule has 1 heterocycles. The lowest BCUT2D eigenvalue weighted by atomic mass is 10.1. The summed E-state index contributed by atoms with van der Waals surface area (Å²) in [4.78, 5) is 8.62. The molecule has 0 saturated carbocycles. The zero-order valence-corrected chi connectivity index (χ0v) is 13.1. The quantitative estimate of drug-likeness (QED) is 0.794. The fourth-order valence-electron chi connectivity index (χ4n) is 1.76. The molecule has 1 aromatic carbocycles. The van der Waals surface area contributed by atoms with Gasteiger partial charge in [0.25, 0.3) is 0 Å². The largest absolute Gasteiger partial charge is 0.496 e. The van der Waals surface area contributed by atoms with Crippen molar-refractivity contribution in [2.45, 2.75) is 0 Å². The third-order valence-corrected chi connectivity index (χ3v) is 3.28. The van der Waals surface area contributed by atoms with Crippen LogP contribution in [0.4, 0.5) is 5.95 Å². The summed E-state index contributed by atoms with van der Waals surface area (Å²) in [6, 6.07) is 5.85. The van der Waals surface area contributed by atoms with Crippen molar-refractivity contribution in [2.24, 2.45) is 0 Å². The average Bonchev–Trinajstić information content (AvgIpc) is 2.48. The van der Waals surface area contributed by atoms with Crippen LogP contribution in [0.3, 0.4) is 0 Å². The predicted octanol–water partition coefficient (Wildman–Crippen LogP) is 2.55. The Morgan fingerprint density at radius 2 is 1.95 bits per heavy atom. The maximum absolute atomic E-state index is 5.36. The van der Waals surface area contributed by atoms with Gasteiger partial charge in [0.2, 0.25) is 5.95 Å². The topological polar surface area (TPSA) is 59.1 Å². The zero-order valence-electron chi connectivity index (χ0n) is 11.5. The number of anilines is 1. The summed E-state index contributed by atoms with van der Waals surface area (Å²) in [7, 11) is 3.56. The van der Waals surface area contributed by atoms with Crippen molar-refractivity contribution in [3.8, 4) is 16.9 Å². The molecule has 1 aromatic heterocycles. The highest BCUT2D eigenvalue weighted by Gasteiger charge is 2.07.